The normalized spacial score (nSPS) is 12.6. The standard InChI is InChI=1S/C25H20F2N6/c26-17-9-6-15(7-10-17)8-11-22-19-13-18(20(27)14-23(19)31-30-22)24-29-25(33-32-24)21(28)12-16-4-2-1-3-5-16/h1-11,13-14,21H,12,28H2,(H,30,31)(H,29,32,33)/b11-8+. The van der Waals surface area contributed by atoms with Crippen LogP contribution in [0.4, 0.5) is 8.78 Å². The number of hydrogen-bond donors (Lipinski definition) is 3. The van der Waals surface area contributed by atoms with Crippen LogP contribution in [-0.4, -0.2) is 25.4 Å². The number of H-pyrrole nitrogens is 2. The van der Waals surface area contributed by atoms with Gasteiger partial charge < -0.3 is 5.73 Å². The van der Waals surface area contributed by atoms with E-state index >= 15 is 0 Å². The highest BCUT2D eigenvalue weighted by molar-refractivity contribution is 5.92. The van der Waals surface area contributed by atoms with E-state index in [0.717, 1.165) is 11.1 Å². The molecule has 6 nitrogen and oxygen atoms in total. The molecule has 1 unspecified atom stereocenters. The molecule has 4 N–H and O–H groups in total. The molecular weight excluding hydrogens is 422 g/mol. The van der Waals surface area contributed by atoms with Crippen LogP contribution in [0.1, 0.15) is 28.7 Å². The number of rotatable bonds is 6. The largest absolute Gasteiger partial charge is 0.321 e. The summed E-state index contributed by atoms with van der Waals surface area (Å²) in [6.45, 7) is 0. The fraction of sp³-hybridized carbons (Fsp3) is 0.0800. The van der Waals surface area contributed by atoms with E-state index in [1.165, 1.54) is 18.2 Å². The predicted molar refractivity (Wildman–Crippen MR) is 124 cm³/mol. The van der Waals surface area contributed by atoms with Gasteiger partial charge in [-0.2, -0.15) is 10.2 Å². The zero-order chi connectivity index (χ0) is 22.8. The smallest absolute Gasteiger partial charge is 0.184 e. The van der Waals surface area contributed by atoms with Crippen LogP contribution in [0.15, 0.2) is 66.7 Å². The third kappa shape index (κ3) is 4.42. The van der Waals surface area contributed by atoms with E-state index in [2.05, 4.69) is 25.4 Å². The third-order valence-electron chi connectivity index (χ3n) is 5.38. The summed E-state index contributed by atoms with van der Waals surface area (Å²) < 4.78 is 27.9. The first-order chi connectivity index (χ1) is 16.1. The number of benzene rings is 3. The molecule has 5 aromatic rings. The second-order valence-corrected chi connectivity index (χ2v) is 7.71. The van der Waals surface area contributed by atoms with E-state index in [1.54, 1.807) is 24.3 Å². The highest BCUT2D eigenvalue weighted by atomic mass is 19.1. The first kappa shape index (κ1) is 20.7. The maximum atomic E-state index is 14.8. The van der Waals surface area contributed by atoms with Crippen molar-refractivity contribution in [3.8, 4) is 11.4 Å². The summed E-state index contributed by atoms with van der Waals surface area (Å²) >= 11 is 0. The highest BCUT2D eigenvalue weighted by Gasteiger charge is 2.18. The molecule has 5 rings (SSSR count). The Morgan fingerprint density at radius 3 is 2.48 bits per heavy atom. The summed E-state index contributed by atoms with van der Waals surface area (Å²) in [4.78, 5) is 4.44. The molecule has 0 saturated heterocycles. The minimum Gasteiger partial charge on any atom is -0.321 e. The number of nitrogens with two attached hydrogens (primary N) is 1. The van der Waals surface area contributed by atoms with Crippen LogP contribution in [0.25, 0.3) is 34.4 Å². The second-order valence-electron chi connectivity index (χ2n) is 7.71. The van der Waals surface area contributed by atoms with E-state index in [1.807, 2.05) is 36.4 Å². The SMILES string of the molecule is NC(Cc1ccccc1)c1nc(-c2cc3c(/C=C/c4ccc(F)cc4)n[nH]c3cc2F)n[nH]1. The Hall–Kier alpha value is -4.17. The number of nitrogens with zero attached hydrogens (tertiary/aromatic N) is 3. The fourth-order valence-corrected chi connectivity index (χ4v) is 3.63. The van der Waals surface area contributed by atoms with Crippen LogP contribution in [0.2, 0.25) is 0 Å². The average molecular weight is 442 g/mol. The Balaban J connectivity index is 1.43. The molecule has 0 saturated carbocycles. The molecule has 0 fully saturated rings. The number of fused-ring (bicyclic) bond motifs is 1. The van der Waals surface area contributed by atoms with Crippen molar-refractivity contribution in [3.05, 3.63) is 101 Å². The van der Waals surface area contributed by atoms with Crippen molar-refractivity contribution in [2.24, 2.45) is 5.73 Å². The molecule has 164 valence electrons. The number of nitrogens with one attached hydrogen (secondary N) is 2. The Kier molecular flexibility index (Phi) is 5.50. The average Bonchev–Trinajstić information content (AvgIpc) is 3.46. The summed E-state index contributed by atoms with van der Waals surface area (Å²) in [6.07, 6.45) is 4.18. The van der Waals surface area contributed by atoms with Crippen molar-refractivity contribution >= 4 is 23.1 Å². The maximum Gasteiger partial charge on any atom is 0.184 e. The Bertz CT molecular complexity index is 1420. The van der Waals surface area contributed by atoms with Gasteiger partial charge in [0.25, 0.3) is 0 Å². The zero-order valence-electron chi connectivity index (χ0n) is 17.5. The molecule has 0 amide bonds. The topological polar surface area (TPSA) is 96.3 Å². The van der Waals surface area contributed by atoms with Gasteiger partial charge in [-0.25, -0.2) is 13.8 Å². The molecule has 2 aromatic heterocycles. The van der Waals surface area contributed by atoms with Crippen LogP contribution in [0, 0.1) is 11.6 Å². The molecule has 0 aliphatic heterocycles. The Labute approximate surface area is 188 Å². The van der Waals surface area contributed by atoms with Gasteiger partial charge in [-0.1, -0.05) is 48.5 Å². The second kappa shape index (κ2) is 8.76. The van der Waals surface area contributed by atoms with Gasteiger partial charge >= 0.3 is 0 Å². The molecule has 0 spiro atoms. The number of hydrogen-bond acceptors (Lipinski definition) is 4. The lowest BCUT2D eigenvalue weighted by Gasteiger charge is -2.07. The number of aromatic nitrogens is 5. The summed E-state index contributed by atoms with van der Waals surface area (Å²) in [5, 5.41) is 14.8. The first-order valence-electron chi connectivity index (χ1n) is 10.4. The third-order valence-corrected chi connectivity index (χ3v) is 5.38. The molecule has 8 heteroatoms. The van der Waals surface area contributed by atoms with Crippen molar-refractivity contribution in [1.82, 2.24) is 25.4 Å². The lowest BCUT2D eigenvalue weighted by molar-refractivity contribution is 0.627. The molecule has 0 aliphatic carbocycles. The molecular formula is C25H20F2N6. The van der Waals surface area contributed by atoms with E-state index in [4.69, 9.17) is 5.73 Å². The van der Waals surface area contributed by atoms with Crippen LogP contribution >= 0.6 is 0 Å². The van der Waals surface area contributed by atoms with Gasteiger partial charge in [0.1, 0.15) is 17.5 Å². The van der Waals surface area contributed by atoms with Gasteiger partial charge in [0.15, 0.2) is 5.82 Å². The van der Waals surface area contributed by atoms with E-state index in [0.29, 0.717) is 28.8 Å². The van der Waals surface area contributed by atoms with Crippen LogP contribution in [-0.2, 0) is 6.42 Å². The van der Waals surface area contributed by atoms with E-state index < -0.39 is 11.9 Å². The van der Waals surface area contributed by atoms with Crippen molar-refractivity contribution in [1.29, 1.82) is 0 Å². The van der Waals surface area contributed by atoms with Gasteiger partial charge in [0, 0.05) is 11.5 Å². The Morgan fingerprint density at radius 1 is 0.909 bits per heavy atom. The Morgan fingerprint density at radius 2 is 1.70 bits per heavy atom. The van der Waals surface area contributed by atoms with Crippen molar-refractivity contribution in [3.63, 3.8) is 0 Å². The van der Waals surface area contributed by atoms with E-state index in [-0.39, 0.29) is 17.2 Å². The first-order valence-corrected chi connectivity index (χ1v) is 10.4. The molecule has 0 aliphatic rings. The maximum absolute atomic E-state index is 14.8. The van der Waals surface area contributed by atoms with Crippen molar-refractivity contribution < 1.29 is 8.78 Å². The summed E-state index contributed by atoms with van der Waals surface area (Å²) in [5.74, 6) is -0.0613. The quantitative estimate of drug-likeness (QED) is 0.343. The fourth-order valence-electron chi connectivity index (χ4n) is 3.63. The summed E-state index contributed by atoms with van der Waals surface area (Å²) in [7, 11) is 0. The number of halogens is 2. The predicted octanol–water partition coefficient (Wildman–Crippen LogP) is 5.04. The highest BCUT2D eigenvalue weighted by Crippen LogP contribution is 2.28. The summed E-state index contributed by atoms with van der Waals surface area (Å²) in [6, 6.07) is 18.6. The molecule has 0 radical (unpaired) electrons. The zero-order valence-corrected chi connectivity index (χ0v) is 17.5. The lowest BCUT2D eigenvalue weighted by atomic mass is 10.1. The van der Waals surface area contributed by atoms with Crippen LogP contribution in [0.5, 0.6) is 0 Å². The van der Waals surface area contributed by atoms with Crippen LogP contribution < -0.4 is 5.73 Å². The van der Waals surface area contributed by atoms with Gasteiger partial charge in [-0.15, -0.1) is 0 Å². The van der Waals surface area contributed by atoms with Gasteiger partial charge in [-0.3, -0.25) is 10.2 Å². The minimum atomic E-state index is -0.470. The lowest BCUT2D eigenvalue weighted by Crippen LogP contribution is -2.15. The molecule has 33 heavy (non-hydrogen) atoms. The van der Waals surface area contributed by atoms with Crippen molar-refractivity contribution in [2.45, 2.75) is 12.5 Å². The van der Waals surface area contributed by atoms with Crippen LogP contribution in [0.3, 0.4) is 0 Å². The minimum absolute atomic E-state index is 0.225. The monoisotopic (exact) mass is 442 g/mol. The van der Waals surface area contributed by atoms with Gasteiger partial charge in [-0.05, 0) is 41.8 Å². The molecule has 2 heterocycles. The van der Waals surface area contributed by atoms with Gasteiger partial charge in [0.2, 0.25) is 0 Å². The van der Waals surface area contributed by atoms with Crippen molar-refractivity contribution in [2.75, 3.05) is 0 Å². The summed E-state index contributed by atoms with van der Waals surface area (Å²) in [5.41, 5.74) is 9.59. The van der Waals surface area contributed by atoms with E-state index in [9.17, 15) is 8.78 Å². The van der Waals surface area contributed by atoms with Gasteiger partial charge in [0.05, 0.1) is 22.8 Å². The molecule has 0 bridgehead atoms. The molecule has 1 atom stereocenters. The molecule has 3 aromatic carbocycles. The number of aromatic amines is 2.